The monoisotopic (exact) mass is 1300 g/mol. The molecule has 4 saturated heterocycles. The zero-order valence-electron chi connectivity index (χ0n) is 52.9. The van der Waals surface area contributed by atoms with Crippen LogP contribution in [0.5, 0.6) is 0 Å². The highest BCUT2D eigenvalue weighted by Crippen LogP contribution is 2.44. The van der Waals surface area contributed by atoms with Gasteiger partial charge in [-0.3, -0.25) is 58.1 Å². The molecule has 0 aromatic heterocycles. The van der Waals surface area contributed by atoms with E-state index >= 15 is 9.59 Å². The summed E-state index contributed by atoms with van der Waals surface area (Å²) in [6.07, 6.45) is 7.27. The molecule has 0 bridgehead atoms. The topological polar surface area (TPSA) is 524 Å². The van der Waals surface area contributed by atoms with Crippen molar-refractivity contribution in [1.29, 1.82) is 0 Å². The zero-order valence-corrected chi connectivity index (χ0v) is 52.9. The predicted molar refractivity (Wildman–Crippen MR) is 341 cm³/mol. The summed E-state index contributed by atoms with van der Waals surface area (Å²) in [6, 6.07) is -2.74. The molecular weight excluding hydrogens is 1210 g/mol. The van der Waals surface area contributed by atoms with Crippen LogP contribution < -0.4 is 66.7 Å². The molecule has 7 rings (SSSR count). The molecule has 32 heteroatoms. The quantitative estimate of drug-likeness (QED) is 0.0196. The van der Waals surface area contributed by atoms with E-state index in [0.717, 1.165) is 49.8 Å². The number of carboxylic acids is 1. The van der Waals surface area contributed by atoms with Crippen LogP contribution in [0.4, 0.5) is 0 Å². The Morgan fingerprint density at radius 2 is 1.13 bits per heavy atom. The largest absolute Gasteiger partial charge is 0.480 e. The lowest BCUT2D eigenvalue weighted by Gasteiger charge is -2.48. The molecule has 4 heterocycles. The zero-order chi connectivity index (χ0) is 67.5. The lowest BCUT2D eigenvalue weighted by atomic mass is 9.72. The Labute approximate surface area is 540 Å². The van der Waals surface area contributed by atoms with Crippen LogP contribution in [-0.4, -0.2) is 231 Å². The van der Waals surface area contributed by atoms with E-state index in [2.05, 4.69) is 41.6 Å². The fourth-order valence-corrected chi connectivity index (χ4v) is 14.2. The Morgan fingerprint density at radius 1 is 0.548 bits per heavy atom. The number of carboxylic acid groups (broad SMARTS) is 1. The van der Waals surface area contributed by atoms with E-state index in [9.17, 15) is 53.7 Å². The van der Waals surface area contributed by atoms with Crippen LogP contribution in [0.1, 0.15) is 128 Å². The minimum Gasteiger partial charge on any atom is -0.480 e. The first kappa shape index (κ1) is 72.0. The van der Waals surface area contributed by atoms with Crippen molar-refractivity contribution in [2.75, 3.05) is 52.4 Å². The third-order valence-corrected chi connectivity index (χ3v) is 18.9. The second-order valence-electron chi connectivity index (χ2n) is 25.4. The fraction of sp³-hybridized carbons (Fsp3) is 0.689. The van der Waals surface area contributed by atoms with Crippen molar-refractivity contribution < 1.29 is 63.3 Å². The van der Waals surface area contributed by atoms with Gasteiger partial charge in [0.05, 0.1) is 25.3 Å². The Morgan fingerprint density at radius 3 is 1.76 bits per heavy atom. The Kier molecular flexibility index (Phi) is 26.7. The summed E-state index contributed by atoms with van der Waals surface area (Å²) in [5.74, 6) is -7.94. The molecule has 1 aromatic carbocycles. The maximum absolute atomic E-state index is 15.4. The number of benzene rings is 1. The van der Waals surface area contributed by atoms with E-state index in [1.807, 2.05) is 0 Å². The van der Waals surface area contributed by atoms with E-state index in [4.69, 9.17) is 40.1 Å². The van der Waals surface area contributed by atoms with Crippen LogP contribution in [0.2, 0.25) is 0 Å². The van der Waals surface area contributed by atoms with E-state index in [1.165, 1.54) is 9.80 Å². The molecular formula is C61H97N19O13. The lowest BCUT2D eigenvalue weighted by Crippen LogP contribution is -2.64. The number of piperidine rings is 1. The summed E-state index contributed by atoms with van der Waals surface area (Å²) in [6.45, 7) is -1.13. The van der Waals surface area contributed by atoms with Gasteiger partial charge in [-0.2, -0.15) is 0 Å². The number of carbonyl (C=O) groups excluding carboxylic acids is 9. The van der Waals surface area contributed by atoms with Gasteiger partial charge >= 0.3 is 5.97 Å². The predicted octanol–water partition coefficient (Wildman–Crippen LogP) is -4.63. The third kappa shape index (κ3) is 19.8. The molecule has 2 saturated carbocycles. The summed E-state index contributed by atoms with van der Waals surface area (Å²) >= 11 is 0. The molecule has 6 fully saturated rings. The molecule has 2 aliphatic carbocycles. The number of aliphatic hydroxyl groups is 2. The SMILES string of the molecule is NC(N)=NCCCC(N)C(=O)NC(CCCN=C(N)N)C(=O)N1CCCC1C(=O)N1CC(O)CC1C(=O)NCC(=O)NC(Cc1ccccc1)C(=O)NC(CO)C(=O)N1CC2CCCCC2CC1C(=O)N1C(C(=O)NC(CCCN=C(N)N)C(=O)O)CC2CCCCC21. The smallest absolute Gasteiger partial charge is 0.326 e. The number of nitrogens with zero attached hydrogens (tertiary/aromatic N) is 7. The first-order chi connectivity index (χ1) is 44.4. The number of nitrogens with two attached hydrogens (primary N) is 7. The Hall–Kier alpha value is -8.39. The van der Waals surface area contributed by atoms with Crippen molar-refractivity contribution >= 4 is 77.0 Å². The number of aliphatic carboxylic acids is 1. The molecule has 32 nitrogen and oxygen atoms in total. The molecule has 4 aliphatic heterocycles. The van der Waals surface area contributed by atoms with Crippen LogP contribution in [0.25, 0.3) is 0 Å². The summed E-state index contributed by atoms with van der Waals surface area (Å²) in [5, 5.41) is 45.3. The van der Waals surface area contributed by atoms with Crippen molar-refractivity contribution in [3.63, 3.8) is 0 Å². The number of likely N-dealkylation sites (tertiary alicyclic amines) is 4. The number of amides is 9. The highest BCUT2D eigenvalue weighted by atomic mass is 16.4. The second kappa shape index (κ2) is 34.5. The molecule has 0 spiro atoms. The van der Waals surface area contributed by atoms with Crippen LogP contribution in [0.3, 0.4) is 0 Å². The van der Waals surface area contributed by atoms with Crippen molar-refractivity contribution in [3.05, 3.63) is 35.9 Å². The maximum atomic E-state index is 15.4. The Balaban J connectivity index is 1.03. The molecule has 14 unspecified atom stereocenters. The summed E-state index contributed by atoms with van der Waals surface area (Å²) in [5.41, 5.74) is 39.5. The molecule has 0 radical (unpaired) electrons. The van der Waals surface area contributed by atoms with Gasteiger partial charge in [-0.1, -0.05) is 62.4 Å². The van der Waals surface area contributed by atoms with Crippen LogP contribution in [-0.2, 0) is 54.4 Å². The number of rotatable bonds is 30. The van der Waals surface area contributed by atoms with Crippen molar-refractivity contribution in [3.8, 4) is 0 Å². The lowest BCUT2D eigenvalue weighted by molar-refractivity contribution is -0.157. The second-order valence-corrected chi connectivity index (χ2v) is 25.4. The third-order valence-electron chi connectivity index (χ3n) is 18.9. The number of aliphatic hydroxyl groups excluding tert-OH is 2. The van der Waals surface area contributed by atoms with Crippen LogP contribution in [0, 0.1) is 17.8 Å². The fourth-order valence-electron chi connectivity index (χ4n) is 14.2. The van der Waals surface area contributed by atoms with Gasteiger partial charge < -0.3 is 102 Å². The van der Waals surface area contributed by atoms with Gasteiger partial charge in [-0.25, -0.2) is 4.79 Å². The average Bonchev–Trinajstić information content (AvgIpc) is 1.72. The highest BCUT2D eigenvalue weighted by Gasteiger charge is 2.53. The summed E-state index contributed by atoms with van der Waals surface area (Å²) < 4.78 is 0. The minimum absolute atomic E-state index is 0.000732. The number of fused-ring (bicyclic) bond motifs is 2. The van der Waals surface area contributed by atoms with Gasteiger partial charge in [-0.05, 0) is 107 Å². The number of aliphatic imine (C=N–C) groups is 3. The summed E-state index contributed by atoms with van der Waals surface area (Å²) in [7, 11) is 0. The van der Waals surface area contributed by atoms with Gasteiger partial charge in [0, 0.05) is 58.2 Å². The number of carbonyl (C=O) groups is 10. The number of nitrogens with one attached hydrogen (secondary N) is 5. The minimum atomic E-state index is -1.61. The van der Waals surface area contributed by atoms with Gasteiger partial charge in [0.25, 0.3) is 0 Å². The molecule has 514 valence electrons. The molecule has 6 aliphatic rings. The van der Waals surface area contributed by atoms with Crippen molar-refractivity contribution in [1.82, 2.24) is 46.2 Å². The van der Waals surface area contributed by atoms with E-state index in [0.29, 0.717) is 31.2 Å². The van der Waals surface area contributed by atoms with Gasteiger partial charge in [-0.15, -0.1) is 0 Å². The normalized spacial score (nSPS) is 24.9. The first-order valence-electron chi connectivity index (χ1n) is 32.6. The standard InChI is InChI=1S/C61H97N19O13/c62-39(17-8-22-69-59(63)64)50(84)74-40(18-9-23-70-60(65)66)54(88)77-25-11-21-45(77)56(90)79-32-38(82)29-46(79)52(86)72-30-49(83)73-42(26-34-12-2-1-3-13-34)51(85)76-43(33-81)55(89)78-31-37-16-5-4-14-35(37)27-48(78)57(91)80-44-20-7-6-15-36(44)28-47(80)53(87)75-41(58(92)93)19-10-24-71-61(67)68/h1-3,12-13,35-48,81-82H,4-11,14-33,62H2,(H,72,86)(H,73,83)(H,74,84)(H,75,87)(H,76,85)(H,92,93)(H4,63,64,69)(H4,65,66,70)(H4,67,68,71). The molecule has 22 N–H and O–H groups in total. The average molecular weight is 1300 g/mol. The molecule has 9 amide bonds. The maximum Gasteiger partial charge on any atom is 0.326 e. The first-order valence-corrected chi connectivity index (χ1v) is 32.6. The molecule has 1 aromatic rings. The number of hydrogen-bond acceptors (Lipinski definition) is 16. The molecule has 14 atom stereocenters. The number of guanidine groups is 3. The van der Waals surface area contributed by atoms with Crippen LogP contribution in [0.15, 0.2) is 45.3 Å². The van der Waals surface area contributed by atoms with Gasteiger partial charge in [0.2, 0.25) is 53.2 Å². The van der Waals surface area contributed by atoms with Crippen molar-refractivity contribution in [2.24, 2.45) is 72.9 Å². The van der Waals surface area contributed by atoms with E-state index in [-0.39, 0.29) is 139 Å². The van der Waals surface area contributed by atoms with Gasteiger partial charge in [0.15, 0.2) is 17.9 Å². The van der Waals surface area contributed by atoms with Crippen molar-refractivity contribution in [2.45, 2.75) is 195 Å². The number of hydrogen-bond donors (Lipinski definition) is 15. The highest BCUT2D eigenvalue weighted by molar-refractivity contribution is 5.99. The van der Waals surface area contributed by atoms with Gasteiger partial charge in [0.1, 0.15) is 48.3 Å². The Bertz CT molecular complexity index is 2890. The van der Waals surface area contributed by atoms with E-state index in [1.54, 1.807) is 35.2 Å². The van der Waals surface area contributed by atoms with Crippen LogP contribution >= 0.6 is 0 Å². The van der Waals surface area contributed by atoms with E-state index < -0.39 is 133 Å². The number of β-amino-alcohol motifs (C(OH)–C–C–N with tert-alkyl or cyclic N) is 1. The summed E-state index contributed by atoms with van der Waals surface area (Å²) in [4.78, 5) is 159. The molecule has 93 heavy (non-hydrogen) atoms.